The summed E-state index contributed by atoms with van der Waals surface area (Å²) in [7, 11) is 0. The molecule has 0 bridgehead atoms. The van der Waals surface area contributed by atoms with Crippen LogP contribution in [0, 0.1) is 17.6 Å². The number of aromatic nitrogens is 1. The largest absolute Gasteiger partial charge is 0.486 e. The molecule has 3 amide bonds. The first-order valence-corrected chi connectivity index (χ1v) is 21.6. The Morgan fingerprint density at radius 1 is 0.905 bits per heavy atom. The van der Waals surface area contributed by atoms with Gasteiger partial charge in [0.25, 0.3) is 6.43 Å². The lowest BCUT2D eigenvalue weighted by Gasteiger charge is -2.40. The fraction of sp³-hybridized carbons (Fsp3) is 0.478. The van der Waals surface area contributed by atoms with Gasteiger partial charge in [-0.3, -0.25) is 4.79 Å². The number of nitrogens with zero attached hydrogens (tertiary/aromatic N) is 4. The zero-order chi connectivity index (χ0) is 45.8. The number of hydrogen-bond acceptors (Lipinski definition) is 8. The molecule has 2 fully saturated rings. The molecule has 0 N–H and O–H groups in total. The minimum absolute atomic E-state index is 0.0174. The summed E-state index contributed by atoms with van der Waals surface area (Å²) in [6, 6.07) is 15.8. The third kappa shape index (κ3) is 12.8. The maximum Gasteiger partial charge on any atom is 0.410 e. The first-order chi connectivity index (χ1) is 29.7. The highest BCUT2D eigenvalue weighted by Gasteiger charge is 2.43. The molecule has 6 rings (SSSR count). The van der Waals surface area contributed by atoms with Crippen molar-refractivity contribution in [3.8, 4) is 17.0 Å². The van der Waals surface area contributed by atoms with Crippen LogP contribution < -0.4 is 4.74 Å². The minimum atomic E-state index is -2.75. The van der Waals surface area contributed by atoms with E-state index in [4.69, 9.17) is 41.9 Å². The van der Waals surface area contributed by atoms with E-state index in [1.54, 1.807) is 70.7 Å². The predicted octanol–water partition coefficient (Wildman–Crippen LogP) is 11.1. The van der Waals surface area contributed by atoms with Crippen LogP contribution in [0.4, 0.5) is 27.2 Å². The van der Waals surface area contributed by atoms with E-state index in [-0.39, 0.29) is 67.5 Å². The second-order valence-electron chi connectivity index (χ2n) is 17.9. The van der Waals surface area contributed by atoms with Gasteiger partial charge in [0.2, 0.25) is 5.91 Å². The van der Waals surface area contributed by atoms with E-state index in [1.807, 2.05) is 23.1 Å². The van der Waals surface area contributed by atoms with Gasteiger partial charge < -0.3 is 33.4 Å². The second-order valence-corrected chi connectivity index (χ2v) is 18.7. The summed E-state index contributed by atoms with van der Waals surface area (Å²) in [5, 5.41) is 3.85. The average molecular weight is 920 g/mol. The Morgan fingerprint density at radius 2 is 1.59 bits per heavy atom. The van der Waals surface area contributed by atoms with Gasteiger partial charge in [0.05, 0.1) is 23.0 Å². The summed E-state index contributed by atoms with van der Waals surface area (Å²) in [5.74, 6) is -1.92. The molecule has 340 valence electrons. The molecular weight excluding hydrogens is 867 g/mol. The maximum absolute atomic E-state index is 14.9. The lowest BCUT2D eigenvalue weighted by Crippen LogP contribution is -2.51. The molecule has 17 heteroatoms. The minimum Gasteiger partial charge on any atom is -0.486 e. The molecule has 2 heterocycles. The molecule has 11 nitrogen and oxygen atoms in total. The van der Waals surface area contributed by atoms with Crippen molar-refractivity contribution in [1.29, 1.82) is 0 Å². The normalized spacial score (nSPS) is 16.8. The summed E-state index contributed by atoms with van der Waals surface area (Å²) in [6.45, 7) is 10.1. The summed E-state index contributed by atoms with van der Waals surface area (Å²) < 4.78 is 77.8. The van der Waals surface area contributed by atoms with E-state index < -0.39 is 58.9 Å². The molecule has 1 aliphatic heterocycles. The quantitative estimate of drug-likeness (QED) is 0.0907. The number of likely N-dealkylation sites (tertiary alicyclic amines) is 1. The number of carbonyl (C=O) groups excluding carboxylic acids is 3. The molecule has 2 atom stereocenters. The smallest absolute Gasteiger partial charge is 0.410 e. The van der Waals surface area contributed by atoms with Crippen LogP contribution in [0.1, 0.15) is 89.2 Å². The first-order valence-electron chi connectivity index (χ1n) is 20.8. The van der Waals surface area contributed by atoms with E-state index in [2.05, 4.69) is 5.16 Å². The molecule has 0 unspecified atom stereocenters. The number of piperidine rings is 1. The maximum atomic E-state index is 14.9. The van der Waals surface area contributed by atoms with Crippen molar-refractivity contribution in [3.05, 3.63) is 105 Å². The van der Waals surface area contributed by atoms with E-state index in [0.717, 1.165) is 41.0 Å². The number of carbonyl (C=O) groups is 3. The molecule has 0 radical (unpaired) electrons. The van der Waals surface area contributed by atoms with Crippen molar-refractivity contribution in [2.24, 2.45) is 5.92 Å². The Balaban J connectivity index is 1.19. The fourth-order valence-corrected chi connectivity index (χ4v) is 7.84. The molecule has 1 aromatic heterocycles. The number of halogens is 6. The summed E-state index contributed by atoms with van der Waals surface area (Å²) in [6.07, 6.45) is -1.80. The summed E-state index contributed by atoms with van der Waals surface area (Å²) in [5.41, 5.74) is 0.450. The average Bonchev–Trinajstić information content (AvgIpc) is 3.95. The van der Waals surface area contributed by atoms with Gasteiger partial charge in [-0.1, -0.05) is 52.6 Å². The van der Waals surface area contributed by atoms with Crippen molar-refractivity contribution in [1.82, 2.24) is 19.9 Å². The van der Waals surface area contributed by atoms with Gasteiger partial charge in [0.15, 0.2) is 5.76 Å². The number of alkyl halides is 2. The summed E-state index contributed by atoms with van der Waals surface area (Å²) >= 11 is 12.7. The molecule has 63 heavy (non-hydrogen) atoms. The SMILES string of the molecule is CC(C)(C)OC(=O)N(CCc1ccc(Cl)c(CN(C(=O)[C@H]2CN(C(=O)OC(C)(C)C)CC[C@@H]2c2ccc(OCc3cc(-c4c(F)ccc(F)c4Cl)no3)cc2)C2CC2)c1)CC(F)F. The zero-order valence-electron chi connectivity index (χ0n) is 36.1. The number of hydrogen-bond donors (Lipinski definition) is 0. The van der Waals surface area contributed by atoms with Gasteiger partial charge >= 0.3 is 12.2 Å². The highest BCUT2D eigenvalue weighted by Crippen LogP contribution is 2.40. The molecular formula is C46H52Cl2F4N4O7. The van der Waals surface area contributed by atoms with Crippen LogP contribution in [0.3, 0.4) is 0 Å². The third-order valence-electron chi connectivity index (χ3n) is 10.5. The first kappa shape index (κ1) is 47.5. The van der Waals surface area contributed by atoms with Gasteiger partial charge in [-0.15, -0.1) is 0 Å². The Kier molecular flexibility index (Phi) is 14.9. The van der Waals surface area contributed by atoms with Gasteiger partial charge in [-0.25, -0.2) is 27.2 Å². The lowest BCUT2D eigenvalue weighted by molar-refractivity contribution is -0.139. The Labute approximate surface area is 374 Å². The Bertz CT molecular complexity index is 2260. The Morgan fingerprint density at radius 3 is 2.24 bits per heavy atom. The topological polar surface area (TPSA) is 115 Å². The number of rotatable bonds is 14. The third-order valence-corrected chi connectivity index (χ3v) is 11.3. The molecule has 1 saturated heterocycles. The standard InChI is InChI=1S/C46H52Cl2F4N4O7/c1-45(2,3)61-43(58)54-20-18-33(28-8-12-31(13-9-28)60-26-32-22-38(53-63-32)40-36(49)15-16-37(50)41(40)48)34(24-54)42(57)56(30-10-11-30)23-29-21-27(7-14-35(29)47)17-19-55(25-39(51)52)44(59)62-46(4,5)6/h7-9,12-16,21-22,30,33-34,39H,10-11,17-20,23-26H2,1-6H3/t33-,34+/m1/s1. The highest BCUT2D eigenvalue weighted by atomic mass is 35.5. The number of benzene rings is 3. The van der Waals surface area contributed by atoms with Crippen molar-refractivity contribution < 1.29 is 50.7 Å². The van der Waals surface area contributed by atoms with Crippen LogP contribution in [-0.2, 0) is 33.8 Å². The van der Waals surface area contributed by atoms with Crippen LogP contribution in [0.25, 0.3) is 11.3 Å². The molecule has 4 aromatic rings. The number of amides is 3. The van der Waals surface area contributed by atoms with Crippen LogP contribution >= 0.6 is 23.2 Å². The molecule has 1 aliphatic carbocycles. The van der Waals surface area contributed by atoms with Gasteiger partial charge in [0.1, 0.15) is 40.9 Å². The molecule has 3 aromatic carbocycles. The molecule has 1 saturated carbocycles. The lowest BCUT2D eigenvalue weighted by atomic mass is 9.79. The van der Waals surface area contributed by atoms with Crippen molar-refractivity contribution in [3.63, 3.8) is 0 Å². The van der Waals surface area contributed by atoms with Crippen LogP contribution in [0.2, 0.25) is 10.0 Å². The summed E-state index contributed by atoms with van der Waals surface area (Å²) in [4.78, 5) is 45.4. The predicted molar refractivity (Wildman–Crippen MR) is 229 cm³/mol. The monoisotopic (exact) mass is 918 g/mol. The van der Waals surface area contributed by atoms with Gasteiger partial charge in [-0.05, 0) is 120 Å². The van der Waals surface area contributed by atoms with Crippen LogP contribution in [-0.4, -0.2) is 87.8 Å². The molecule has 2 aliphatic rings. The Hall–Kier alpha value is -5.02. The number of ether oxygens (including phenoxy) is 3. The van der Waals surface area contributed by atoms with Crippen LogP contribution in [0.5, 0.6) is 5.75 Å². The van der Waals surface area contributed by atoms with E-state index in [9.17, 15) is 31.9 Å². The molecule has 0 spiro atoms. The fourth-order valence-electron chi connectivity index (χ4n) is 7.41. The van der Waals surface area contributed by atoms with Crippen LogP contribution in [0.15, 0.2) is 65.2 Å². The zero-order valence-corrected chi connectivity index (χ0v) is 37.6. The van der Waals surface area contributed by atoms with Crippen molar-refractivity contribution in [2.75, 3.05) is 26.2 Å². The van der Waals surface area contributed by atoms with E-state index >= 15 is 0 Å². The van der Waals surface area contributed by atoms with Crippen molar-refractivity contribution in [2.45, 2.75) is 110 Å². The highest BCUT2D eigenvalue weighted by molar-refractivity contribution is 6.33. The van der Waals surface area contributed by atoms with E-state index in [0.29, 0.717) is 29.3 Å². The van der Waals surface area contributed by atoms with Gasteiger partial charge in [0, 0.05) is 43.3 Å². The van der Waals surface area contributed by atoms with Gasteiger partial charge in [-0.2, -0.15) is 0 Å². The van der Waals surface area contributed by atoms with E-state index in [1.165, 1.54) is 6.07 Å². The second kappa shape index (κ2) is 19.8. The van der Waals surface area contributed by atoms with Crippen molar-refractivity contribution >= 4 is 41.3 Å².